The maximum absolute atomic E-state index is 10.5. The molecule has 0 saturated heterocycles. The standard InChI is InChI=1S/C22H31N3O3/c1-14(2)22-23-9-8-16(25-22)10-18-19(13-26)21(27)11-20(18)24-12-15-4-6-17(28-3)7-5-15/h4-9,14,18-21,24,26-27H,10-13H2,1-3H3/t18-,19-,20-,21-/m1/s1. The third kappa shape index (κ3) is 4.87. The van der Waals surface area contributed by atoms with Crippen molar-refractivity contribution in [1.82, 2.24) is 15.3 Å². The van der Waals surface area contributed by atoms with E-state index in [1.807, 2.05) is 30.3 Å². The van der Waals surface area contributed by atoms with Crippen molar-refractivity contribution in [3.63, 3.8) is 0 Å². The van der Waals surface area contributed by atoms with Gasteiger partial charge in [-0.25, -0.2) is 9.97 Å². The van der Waals surface area contributed by atoms with Crippen LogP contribution in [-0.2, 0) is 13.0 Å². The van der Waals surface area contributed by atoms with Crippen molar-refractivity contribution in [2.75, 3.05) is 13.7 Å². The molecule has 1 fully saturated rings. The Morgan fingerprint density at radius 1 is 1.18 bits per heavy atom. The summed E-state index contributed by atoms with van der Waals surface area (Å²) >= 11 is 0. The van der Waals surface area contributed by atoms with Crippen molar-refractivity contribution in [2.45, 2.75) is 51.3 Å². The number of nitrogens with one attached hydrogen (secondary N) is 1. The zero-order chi connectivity index (χ0) is 20.1. The van der Waals surface area contributed by atoms with E-state index in [1.54, 1.807) is 13.3 Å². The molecule has 152 valence electrons. The lowest BCUT2D eigenvalue weighted by Crippen LogP contribution is -2.36. The molecule has 1 aromatic carbocycles. The largest absolute Gasteiger partial charge is 0.497 e. The normalized spacial score (nSPS) is 24.6. The molecule has 28 heavy (non-hydrogen) atoms. The molecule has 1 saturated carbocycles. The van der Waals surface area contributed by atoms with E-state index >= 15 is 0 Å². The van der Waals surface area contributed by atoms with Crippen molar-refractivity contribution in [1.29, 1.82) is 0 Å². The van der Waals surface area contributed by atoms with Crippen molar-refractivity contribution in [3.05, 3.63) is 53.6 Å². The fourth-order valence-corrected chi connectivity index (χ4v) is 4.02. The van der Waals surface area contributed by atoms with Crippen molar-refractivity contribution < 1.29 is 14.9 Å². The molecule has 1 aliphatic rings. The maximum Gasteiger partial charge on any atom is 0.131 e. The maximum atomic E-state index is 10.5. The summed E-state index contributed by atoms with van der Waals surface area (Å²) in [5.74, 6) is 1.91. The Kier molecular flexibility index (Phi) is 6.99. The summed E-state index contributed by atoms with van der Waals surface area (Å²) in [5, 5.41) is 23.9. The third-order valence-electron chi connectivity index (χ3n) is 5.69. The molecule has 0 amide bonds. The molecular formula is C22H31N3O3. The molecule has 1 aromatic heterocycles. The predicted molar refractivity (Wildman–Crippen MR) is 108 cm³/mol. The second-order valence-corrected chi connectivity index (χ2v) is 7.91. The highest BCUT2D eigenvalue weighted by molar-refractivity contribution is 5.27. The molecule has 6 heteroatoms. The number of aliphatic hydroxyl groups is 2. The molecule has 0 aliphatic heterocycles. The number of benzene rings is 1. The van der Waals surface area contributed by atoms with Crippen LogP contribution in [-0.4, -0.2) is 46.0 Å². The molecule has 3 N–H and O–H groups in total. The molecule has 0 spiro atoms. The second kappa shape index (κ2) is 9.45. The van der Waals surface area contributed by atoms with Gasteiger partial charge in [-0.1, -0.05) is 26.0 Å². The van der Waals surface area contributed by atoms with E-state index in [4.69, 9.17) is 4.74 Å². The van der Waals surface area contributed by atoms with Gasteiger partial charge >= 0.3 is 0 Å². The molecule has 2 aromatic rings. The van der Waals surface area contributed by atoms with Gasteiger partial charge in [0, 0.05) is 42.9 Å². The Balaban J connectivity index is 1.70. The average molecular weight is 386 g/mol. The first-order chi connectivity index (χ1) is 13.5. The predicted octanol–water partition coefficient (Wildman–Crippen LogP) is 2.30. The van der Waals surface area contributed by atoms with Crippen LogP contribution in [0.15, 0.2) is 36.5 Å². The van der Waals surface area contributed by atoms with Gasteiger partial charge in [-0.2, -0.15) is 0 Å². The molecule has 4 atom stereocenters. The molecule has 3 rings (SSSR count). The highest BCUT2D eigenvalue weighted by Gasteiger charge is 2.42. The van der Waals surface area contributed by atoms with Crippen LogP contribution in [0.5, 0.6) is 5.75 Å². The van der Waals surface area contributed by atoms with E-state index in [0.717, 1.165) is 22.8 Å². The molecule has 0 bridgehead atoms. The van der Waals surface area contributed by atoms with Gasteiger partial charge in [0.25, 0.3) is 0 Å². The van der Waals surface area contributed by atoms with Crippen molar-refractivity contribution in [3.8, 4) is 5.75 Å². The molecular weight excluding hydrogens is 354 g/mol. The zero-order valence-corrected chi connectivity index (χ0v) is 16.9. The van der Waals surface area contributed by atoms with Crippen molar-refractivity contribution in [2.24, 2.45) is 11.8 Å². The summed E-state index contributed by atoms with van der Waals surface area (Å²) in [4.78, 5) is 9.03. The smallest absolute Gasteiger partial charge is 0.131 e. The minimum Gasteiger partial charge on any atom is -0.497 e. The van der Waals surface area contributed by atoms with Gasteiger partial charge in [-0.3, -0.25) is 0 Å². The minimum atomic E-state index is -0.505. The molecule has 6 nitrogen and oxygen atoms in total. The molecule has 1 aliphatic carbocycles. The van der Waals surface area contributed by atoms with E-state index in [1.165, 1.54) is 0 Å². The Hall–Kier alpha value is -2.02. The van der Waals surface area contributed by atoms with Gasteiger partial charge in [-0.05, 0) is 42.5 Å². The number of aliphatic hydroxyl groups excluding tert-OH is 2. The second-order valence-electron chi connectivity index (χ2n) is 7.91. The van der Waals surface area contributed by atoms with E-state index in [0.29, 0.717) is 19.4 Å². The van der Waals surface area contributed by atoms with Gasteiger partial charge in [0.15, 0.2) is 0 Å². The number of nitrogens with zero attached hydrogens (tertiary/aromatic N) is 2. The number of hydrogen-bond acceptors (Lipinski definition) is 6. The van der Waals surface area contributed by atoms with Gasteiger partial charge in [0.1, 0.15) is 11.6 Å². The molecule has 0 unspecified atom stereocenters. The Morgan fingerprint density at radius 3 is 2.57 bits per heavy atom. The Bertz CT molecular complexity index is 751. The number of aromatic nitrogens is 2. The van der Waals surface area contributed by atoms with E-state index in [-0.39, 0.29) is 30.4 Å². The Labute approximate surface area is 167 Å². The van der Waals surface area contributed by atoms with Gasteiger partial charge in [-0.15, -0.1) is 0 Å². The number of methoxy groups -OCH3 is 1. The first-order valence-electron chi connectivity index (χ1n) is 9.98. The van der Waals surface area contributed by atoms with Crippen LogP contribution in [0.3, 0.4) is 0 Å². The van der Waals surface area contributed by atoms with Crippen LogP contribution in [0.1, 0.15) is 43.3 Å². The average Bonchev–Trinajstić information content (AvgIpc) is 3.01. The monoisotopic (exact) mass is 385 g/mol. The quantitative estimate of drug-likeness (QED) is 0.646. The highest BCUT2D eigenvalue weighted by atomic mass is 16.5. The zero-order valence-electron chi connectivity index (χ0n) is 16.9. The summed E-state index contributed by atoms with van der Waals surface area (Å²) in [6, 6.07) is 10.0. The van der Waals surface area contributed by atoms with Crippen LogP contribution in [0.2, 0.25) is 0 Å². The van der Waals surface area contributed by atoms with Crippen LogP contribution in [0.25, 0.3) is 0 Å². The highest BCUT2D eigenvalue weighted by Crippen LogP contribution is 2.35. The summed E-state index contributed by atoms with van der Waals surface area (Å²) in [7, 11) is 1.66. The number of ether oxygens (including phenoxy) is 1. The van der Waals surface area contributed by atoms with Crippen LogP contribution in [0.4, 0.5) is 0 Å². The lowest BCUT2D eigenvalue weighted by molar-refractivity contribution is 0.0716. The topological polar surface area (TPSA) is 87.5 Å². The SMILES string of the molecule is COc1ccc(CN[C@@H]2C[C@@H](O)[C@H](CO)[C@H]2Cc2ccnc(C(C)C)n2)cc1. The lowest BCUT2D eigenvalue weighted by Gasteiger charge is -2.25. The number of rotatable bonds is 8. The van der Waals surface area contributed by atoms with E-state index in [2.05, 4.69) is 29.1 Å². The fourth-order valence-electron chi connectivity index (χ4n) is 4.02. The lowest BCUT2D eigenvalue weighted by atomic mass is 9.88. The molecule has 0 radical (unpaired) electrons. The summed E-state index contributed by atoms with van der Waals surface area (Å²) in [5.41, 5.74) is 2.12. The van der Waals surface area contributed by atoms with Gasteiger partial charge in [0.2, 0.25) is 0 Å². The van der Waals surface area contributed by atoms with Crippen molar-refractivity contribution >= 4 is 0 Å². The summed E-state index contributed by atoms with van der Waals surface area (Å²) in [6.45, 7) is 4.84. The van der Waals surface area contributed by atoms with Gasteiger partial charge in [0.05, 0.1) is 13.2 Å². The summed E-state index contributed by atoms with van der Waals surface area (Å²) in [6.07, 6.45) is 2.64. The number of hydrogen-bond donors (Lipinski definition) is 3. The van der Waals surface area contributed by atoms with Gasteiger partial charge < -0.3 is 20.3 Å². The van der Waals surface area contributed by atoms with E-state index in [9.17, 15) is 10.2 Å². The fraction of sp³-hybridized carbons (Fsp3) is 0.545. The summed E-state index contributed by atoms with van der Waals surface area (Å²) < 4.78 is 5.21. The minimum absolute atomic E-state index is 0.0192. The Morgan fingerprint density at radius 2 is 1.93 bits per heavy atom. The van der Waals surface area contributed by atoms with Crippen LogP contribution < -0.4 is 10.1 Å². The first kappa shape index (κ1) is 20.7. The first-order valence-corrected chi connectivity index (χ1v) is 9.98. The van der Waals surface area contributed by atoms with E-state index < -0.39 is 6.10 Å². The van der Waals surface area contributed by atoms with Crippen LogP contribution in [0, 0.1) is 11.8 Å². The molecule has 1 heterocycles. The van der Waals surface area contributed by atoms with Crippen LogP contribution >= 0.6 is 0 Å². The third-order valence-corrected chi connectivity index (χ3v) is 5.69.